The van der Waals surface area contributed by atoms with Crippen molar-refractivity contribution in [3.63, 3.8) is 0 Å². The van der Waals surface area contributed by atoms with Gasteiger partial charge in [-0.1, -0.05) is 19.1 Å². The first-order chi connectivity index (χ1) is 10.6. The molecule has 0 aromatic heterocycles. The van der Waals surface area contributed by atoms with Crippen molar-refractivity contribution in [1.29, 1.82) is 0 Å². The van der Waals surface area contributed by atoms with Gasteiger partial charge in [0.15, 0.2) is 0 Å². The van der Waals surface area contributed by atoms with Crippen LogP contribution in [0, 0.1) is 0 Å². The second kappa shape index (κ2) is 7.69. The van der Waals surface area contributed by atoms with Crippen molar-refractivity contribution in [2.24, 2.45) is 0 Å². The summed E-state index contributed by atoms with van der Waals surface area (Å²) in [4.78, 5) is 36.0. The van der Waals surface area contributed by atoms with Crippen molar-refractivity contribution in [3.05, 3.63) is 24.3 Å². The average molecular weight is 322 g/mol. The lowest BCUT2D eigenvalue weighted by Crippen LogP contribution is -2.48. The molecule has 2 rings (SSSR count). The molecule has 8 heteroatoms. The lowest BCUT2D eigenvalue weighted by Gasteiger charge is -2.23. The highest BCUT2D eigenvalue weighted by molar-refractivity contribution is 8.01. The van der Waals surface area contributed by atoms with E-state index in [2.05, 4.69) is 21.5 Å². The molecule has 7 nitrogen and oxygen atoms in total. The first kappa shape index (κ1) is 16.2. The minimum atomic E-state index is -0.518. The Morgan fingerprint density at radius 1 is 1.27 bits per heavy atom. The number of fused-ring (bicyclic) bond motifs is 1. The highest BCUT2D eigenvalue weighted by atomic mass is 32.2. The summed E-state index contributed by atoms with van der Waals surface area (Å²) < 4.78 is 0. The molecule has 0 aliphatic carbocycles. The summed E-state index contributed by atoms with van der Waals surface area (Å²) in [5.74, 6) is -0.632. The van der Waals surface area contributed by atoms with E-state index in [1.165, 1.54) is 11.8 Å². The monoisotopic (exact) mass is 322 g/mol. The third-order valence-corrected chi connectivity index (χ3v) is 4.20. The molecule has 0 bridgehead atoms. The third kappa shape index (κ3) is 4.39. The number of anilines is 1. The molecule has 1 aromatic rings. The third-order valence-electron chi connectivity index (χ3n) is 2.93. The van der Waals surface area contributed by atoms with Crippen LogP contribution in [0.5, 0.6) is 0 Å². The van der Waals surface area contributed by atoms with Crippen LogP contribution in [0.1, 0.15) is 19.8 Å². The van der Waals surface area contributed by atoms with E-state index in [1.54, 1.807) is 0 Å². The first-order valence-corrected chi connectivity index (χ1v) is 7.87. The molecule has 1 aromatic carbocycles. The summed E-state index contributed by atoms with van der Waals surface area (Å²) in [6, 6.07) is 6.95. The largest absolute Gasteiger partial charge is 0.337 e. The van der Waals surface area contributed by atoms with Gasteiger partial charge in [-0.15, -0.1) is 11.8 Å². The lowest BCUT2D eigenvalue weighted by molar-refractivity contribution is -0.124. The molecule has 0 saturated heterocycles. The number of carbonyl (C=O) groups excluding carboxylic acids is 3. The van der Waals surface area contributed by atoms with Crippen LogP contribution in [0.25, 0.3) is 0 Å². The van der Waals surface area contributed by atoms with Crippen molar-refractivity contribution in [2.75, 3.05) is 11.9 Å². The van der Waals surface area contributed by atoms with Crippen molar-refractivity contribution < 1.29 is 14.4 Å². The van der Waals surface area contributed by atoms with Crippen LogP contribution in [0.3, 0.4) is 0 Å². The highest BCUT2D eigenvalue weighted by Crippen LogP contribution is 2.36. The van der Waals surface area contributed by atoms with Crippen LogP contribution < -0.4 is 21.5 Å². The zero-order valence-electron chi connectivity index (χ0n) is 12.1. The first-order valence-electron chi connectivity index (χ1n) is 6.99. The molecule has 0 fully saturated rings. The van der Waals surface area contributed by atoms with E-state index >= 15 is 0 Å². The topological polar surface area (TPSA) is 99.3 Å². The molecule has 1 atom stereocenters. The molecule has 4 N–H and O–H groups in total. The number of carbonyl (C=O) groups is 3. The number of para-hydroxylation sites is 1. The van der Waals surface area contributed by atoms with Crippen LogP contribution in [0.2, 0.25) is 0 Å². The van der Waals surface area contributed by atoms with Crippen LogP contribution >= 0.6 is 11.8 Å². The molecule has 118 valence electrons. The fraction of sp³-hybridized carbons (Fsp3) is 0.357. The van der Waals surface area contributed by atoms with E-state index < -0.39 is 17.2 Å². The smallest absolute Gasteiger partial charge is 0.333 e. The van der Waals surface area contributed by atoms with Gasteiger partial charge < -0.3 is 10.6 Å². The van der Waals surface area contributed by atoms with Crippen molar-refractivity contribution in [3.8, 4) is 0 Å². The Hall–Kier alpha value is -2.22. The number of nitrogens with one attached hydrogen (secondary N) is 4. The summed E-state index contributed by atoms with van der Waals surface area (Å²) in [6.45, 7) is 2.45. The Labute approximate surface area is 132 Å². The standard InChI is InChI=1S/C14H18N4O3S/c1-2-7-15-14(21)18-17-12(19)8-11-13(20)16-9-5-3-4-6-10(9)22-11/h3-6,11H,2,7-8H2,1H3,(H,16,20)(H,17,19)(H2,15,18,21). The summed E-state index contributed by atoms with van der Waals surface area (Å²) in [7, 11) is 0. The maximum atomic E-state index is 12.0. The molecule has 1 heterocycles. The SMILES string of the molecule is CCCNC(=O)NNC(=O)CC1Sc2ccccc2NC1=O. The lowest BCUT2D eigenvalue weighted by atomic mass is 10.2. The minimum Gasteiger partial charge on any atom is -0.337 e. The van der Waals surface area contributed by atoms with Gasteiger partial charge in [-0.05, 0) is 18.6 Å². The average Bonchev–Trinajstić information content (AvgIpc) is 2.51. The van der Waals surface area contributed by atoms with Gasteiger partial charge in [-0.2, -0.15) is 0 Å². The van der Waals surface area contributed by atoms with Gasteiger partial charge >= 0.3 is 6.03 Å². The Bertz CT molecular complexity index is 579. The summed E-state index contributed by atoms with van der Waals surface area (Å²) in [5.41, 5.74) is 5.29. The molecular formula is C14H18N4O3S. The van der Waals surface area contributed by atoms with Crippen molar-refractivity contribution in [2.45, 2.75) is 29.9 Å². The van der Waals surface area contributed by atoms with Crippen LogP contribution in [-0.4, -0.2) is 29.6 Å². The van der Waals surface area contributed by atoms with E-state index in [1.807, 2.05) is 31.2 Å². The molecule has 1 unspecified atom stereocenters. The predicted octanol–water partition coefficient (Wildman–Crippen LogP) is 1.23. The maximum Gasteiger partial charge on any atom is 0.333 e. The van der Waals surface area contributed by atoms with Gasteiger partial charge in [0.2, 0.25) is 11.8 Å². The van der Waals surface area contributed by atoms with Gasteiger partial charge in [-0.3, -0.25) is 15.0 Å². The Morgan fingerprint density at radius 2 is 2.05 bits per heavy atom. The molecule has 4 amide bonds. The number of thioether (sulfide) groups is 1. The summed E-state index contributed by atoms with van der Waals surface area (Å²) >= 11 is 1.34. The normalized spacial score (nSPS) is 16.2. The number of hydrogen-bond acceptors (Lipinski definition) is 4. The molecule has 0 spiro atoms. The fourth-order valence-electron chi connectivity index (χ4n) is 1.86. The zero-order chi connectivity index (χ0) is 15.9. The van der Waals surface area contributed by atoms with Gasteiger partial charge in [0.05, 0.1) is 10.9 Å². The number of hydrogen-bond donors (Lipinski definition) is 4. The molecule has 22 heavy (non-hydrogen) atoms. The van der Waals surface area contributed by atoms with Crippen molar-refractivity contribution in [1.82, 2.24) is 16.2 Å². The molecule has 0 radical (unpaired) electrons. The van der Waals surface area contributed by atoms with Crippen molar-refractivity contribution >= 4 is 35.3 Å². The second-order valence-electron chi connectivity index (χ2n) is 4.73. The Kier molecular flexibility index (Phi) is 5.65. The second-order valence-corrected chi connectivity index (χ2v) is 5.97. The summed E-state index contributed by atoms with van der Waals surface area (Å²) in [6.07, 6.45) is 0.790. The number of benzene rings is 1. The quantitative estimate of drug-likeness (QED) is 0.627. The van der Waals surface area contributed by atoms with Crippen LogP contribution in [-0.2, 0) is 9.59 Å². The summed E-state index contributed by atoms with van der Waals surface area (Å²) in [5, 5.41) is 4.81. The number of amides is 4. The van der Waals surface area contributed by atoms with Gasteiger partial charge in [0.1, 0.15) is 0 Å². The number of urea groups is 1. The van der Waals surface area contributed by atoms with E-state index in [0.29, 0.717) is 6.54 Å². The van der Waals surface area contributed by atoms with E-state index in [-0.39, 0.29) is 12.3 Å². The Morgan fingerprint density at radius 3 is 2.82 bits per heavy atom. The number of hydrazine groups is 1. The maximum absolute atomic E-state index is 12.0. The van der Waals surface area contributed by atoms with E-state index in [9.17, 15) is 14.4 Å². The fourth-order valence-corrected chi connectivity index (χ4v) is 2.97. The molecule has 1 aliphatic rings. The minimum absolute atomic E-state index is 0.0150. The van der Waals surface area contributed by atoms with E-state index in [0.717, 1.165) is 17.0 Å². The Balaban J connectivity index is 1.82. The molecule has 1 aliphatic heterocycles. The van der Waals surface area contributed by atoms with E-state index in [4.69, 9.17) is 0 Å². The van der Waals surface area contributed by atoms with Crippen LogP contribution in [0.4, 0.5) is 10.5 Å². The van der Waals surface area contributed by atoms with Gasteiger partial charge in [-0.25, -0.2) is 10.2 Å². The van der Waals surface area contributed by atoms with Gasteiger partial charge in [0, 0.05) is 17.9 Å². The predicted molar refractivity (Wildman–Crippen MR) is 84.3 cm³/mol. The molecular weight excluding hydrogens is 304 g/mol. The number of rotatable bonds is 4. The van der Waals surface area contributed by atoms with Gasteiger partial charge in [0.25, 0.3) is 0 Å². The molecule has 0 saturated carbocycles. The van der Waals surface area contributed by atoms with Crippen LogP contribution in [0.15, 0.2) is 29.2 Å². The zero-order valence-corrected chi connectivity index (χ0v) is 13.0. The highest BCUT2D eigenvalue weighted by Gasteiger charge is 2.28.